The minimum atomic E-state index is 0.718. The summed E-state index contributed by atoms with van der Waals surface area (Å²) in [4.78, 5) is 2.04. The topological polar surface area (TPSA) is 15.3 Å². The summed E-state index contributed by atoms with van der Waals surface area (Å²) in [7, 11) is 0. The van der Waals surface area contributed by atoms with Gasteiger partial charge in [0.1, 0.15) is 0 Å². The third-order valence-corrected chi connectivity index (χ3v) is 2.89. The van der Waals surface area contributed by atoms with Crippen molar-refractivity contribution in [2.24, 2.45) is 0 Å². The summed E-state index contributed by atoms with van der Waals surface area (Å²) in [5.41, 5.74) is 2.13. The zero-order valence-electron chi connectivity index (χ0n) is 10.3. The smallest absolute Gasteiger partial charge is 0.178 e. The number of benzene rings is 2. The first-order valence-electron chi connectivity index (χ1n) is 6.01. The second-order valence-corrected chi connectivity index (χ2v) is 4.23. The van der Waals surface area contributed by atoms with Gasteiger partial charge in [-0.2, -0.15) is 0 Å². The van der Waals surface area contributed by atoms with E-state index >= 15 is 0 Å². The van der Waals surface area contributed by atoms with Crippen LogP contribution in [-0.4, -0.2) is 11.7 Å². The van der Waals surface area contributed by atoms with Crippen molar-refractivity contribution in [1.82, 2.24) is 5.32 Å². The average molecular weight is 256 g/mol. The van der Waals surface area contributed by atoms with Gasteiger partial charge in [-0.05, 0) is 43.4 Å². The molecule has 0 fully saturated rings. The predicted octanol–water partition coefficient (Wildman–Crippen LogP) is 3.72. The van der Waals surface area contributed by atoms with Crippen molar-refractivity contribution >= 4 is 28.7 Å². The Bertz CT molecular complexity index is 457. The average Bonchev–Trinajstić information content (AvgIpc) is 2.42. The molecule has 0 aliphatic rings. The van der Waals surface area contributed by atoms with E-state index in [-0.39, 0.29) is 0 Å². The molecule has 18 heavy (non-hydrogen) atoms. The number of nitrogens with zero attached hydrogens (tertiary/aromatic N) is 1. The SMILES string of the molecule is CCNC(=S)N(c1ccccc1)c1ccccc1. The second-order valence-electron chi connectivity index (χ2n) is 3.84. The summed E-state index contributed by atoms with van der Waals surface area (Å²) in [5.74, 6) is 0. The van der Waals surface area contributed by atoms with Gasteiger partial charge in [0.25, 0.3) is 0 Å². The summed E-state index contributed by atoms with van der Waals surface area (Å²) < 4.78 is 0. The monoisotopic (exact) mass is 256 g/mol. The first-order valence-corrected chi connectivity index (χ1v) is 6.42. The molecule has 0 saturated carbocycles. The van der Waals surface area contributed by atoms with Gasteiger partial charge in [-0.3, -0.25) is 4.90 Å². The van der Waals surface area contributed by atoms with Crippen LogP contribution < -0.4 is 10.2 Å². The van der Waals surface area contributed by atoms with Crippen molar-refractivity contribution in [2.75, 3.05) is 11.4 Å². The van der Waals surface area contributed by atoms with Crippen molar-refractivity contribution < 1.29 is 0 Å². The summed E-state index contributed by atoms with van der Waals surface area (Å²) >= 11 is 5.45. The molecule has 0 atom stereocenters. The molecule has 0 bridgehead atoms. The molecular formula is C15H16N2S. The molecule has 0 unspecified atom stereocenters. The molecule has 0 aliphatic heterocycles. The van der Waals surface area contributed by atoms with Crippen LogP contribution in [0.15, 0.2) is 60.7 Å². The molecule has 92 valence electrons. The number of hydrogen-bond acceptors (Lipinski definition) is 1. The molecule has 2 nitrogen and oxygen atoms in total. The molecule has 0 aromatic heterocycles. The third kappa shape index (κ3) is 2.87. The van der Waals surface area contributed by atoms with E-state index in [9.17, 15) is 0 Å². The maximum atomic E-state index is 5.45. The molecule has 2 aromatic carbocycles. The van der Waals surface area contributed by atoms with Crippen LogP contribution in [0.25, 0.3) is 0 Å². The molecule has 0 spiro atoms. The van der Waals surface area contributed by atoms with Crippen LogP contribution in [0.2, 0.25) is 0 Å². The number of thiocarbonyl (C=S) groups is 1. The molecule has 0 aliphatic carbocycles. The Morgan fingerprint density at radius 2 is 1.39 bits per heavy atom. The Labute approximate surface area is 113 Å². The number of hydrogen-bond donors (Lipinski definition) is 1. The minimum absolute atomic E-state index is 0.718. The van der Waals surface area contributed by atoms with Crippen molar-refractivity contribution in [2.45, 2.75) is 6.92 Å². The lowest BCUT2D eigenvalue weighted by molar-refractivity contribution is 0.964. The van der Waals surface area contributed by atoms with Gasteiger partial charge in [-0.25, -0.2) is 0 Å². The molecular weight excluding hydrogens is 240 g/mol. The van der Waals surface area contributed by atoms with Crippen molar-refractivity contribution in [3.05, 3.63) is 60.7 Å². The van der Waals surface area contributed by atoms with Crippen molar-refractivity contribution in [3.8, 4) is 0 Å². The van der Waals surface area contributed by atoms with E-state index in [4.69, 9.17) is 12.2 Å². The summed E-state index contributed by atoms with van der Waals surface area (Å²) in [6.07, 6.45) is 0. The van der Waals surface area contributed by atoms with Gasteiger partial charge in [0.2, 0.25) is 0 Å². The molecule has 0 radical (unpaired) electrons. The van der Waals surface area contributed by atoms with E-state index in [2.05, 4.69) is 29.6 Å². The Balaban J connectivity index is 2.38. The minimum Gasteiger partial charge on any atom is -0.362 e. The van der Waals surface area contributed by atoms with Crippen LogP contribution in [0.5, 0.6) is 0 Å². The highest BCUT2D eigenvalue weighted by Gasteiger charge is 2.12. The van der Waals surface area contributed by atoms with Gasteiger partial charge < -0.3 is 5.32 Å². The summed E-state index contributed by atoms with van der Waals surface area (Å²) in [5, 5.41) is 3.92. The van der Waals surface area contributed by atoms with Gasteiger partial charge >= 0.3 is 0 Å². The molecule has 2 rings (SSSR count). The Kier molecular flexibility index (Phi) is 4.31. The van der Waals surface area contributed by atoms with Crippen LogP contribution in [0.4, 0.5) is 11.4 Å². The highest BCUT2D eigenvalue weighted by molar-refractivity contribution is 7.80. The van der Waals surface area contributed by atoms with Crippen LogP contribution in [-0.2, 0) is 0 Å². The zero-order valence-corrected chi connectivity index (χ0v) is 11.2. The number of nitrogens with one attached hydrogen (secondary N) is 1. The molecule has 0 heterocycles. The van der Waals surface area contributed by atoms with Gasteiger partial charge in [0, 0.05) is 17.9 Å². The van der Waals surface area contributed by atoms with Gasteiger partial charge in [-0.1, -0.05) is 36.4 Å². The third-order valence-electron chi connectivity index (χ3n) is 2.56. The van der Waals surface area contributed by atoms with Gasteiger partial charge in [0.15, 0.2) is 5.11 Å². The number of rotatable bonds is 3. The maximum Gasteiger partial charge on any atom is 0.178 e. The Hall–Kier alpha value is -1.87. The molecule has 1 N–H and O–H groups in total. The van der Waals surface area contributed by atoms with Crippen LogP contribution in [0, 0.1) is 0 Å². The normalized spacial score (nSPS) is 9.83. The zero-order chi connectivity index (χ0) is 12.8. The van der Waals surface area contributed by atoms with E-state index in [0.717, 1.165) is 23.0 Å². The quantitative estimate of drug-likeness (QED) is 0.843. The largest absolute Gasteiger partial charge is 0.362 e. The lowest BCUT2D eigenvalue weighted by Gasteiger charge is -2.25. The Morgan fingerprint density at radius 3 is 1.78 bits per heavy atom. The lowest BCUT2D eigenvalue weighted by atomic mass is 10.2. The lowest BCUT2D eigenvalue weighted by Crippen LogP contribution is -2.36. The first-order chi connectivity index (χ1) is 8.83. The fourth-order valence-corrected chi connectivity index (χ4v) is 2.12. The molecule has 2 aromatic rings. The fraction of sp³-hybridized carbons (Fsp3) is 0.133. The first kappa shape index (κ1) is 12.6. The van der Waals surface area contributed by atoms with Crippen LogP contribution in [0.1, 0.15) is 6.92 Å². The highest BCUT2D eigenvalue weighted by atomic mass is 32.1. The summed E-state index contributed by atoms with van der Waals surface area (Å²) in [6.45, 7) is 2.86. The maximum absolute atomic E-state index is 5.45. The number of para-hydroxylation sites is 2. The van der Waals surface area contributed by atoms with Crippen LogP contribution >= 0.6 is 12.2 Å². The van der Waals surface area contributed by atoms with E-state index in [0.29, 0.717) is 0 Å². The highest BCUT2D eigenvalue weighted by Crippen LogP contribution is 2.24. The van der Waals surface area contributed by atoms with E-state index < -0.39 is 0 Å². The van der Waals surface area contributed by atoms with Crippen molar-refractivity contribution in [3.63, 3.8) is 0 Å². The van der Waals surface area contributed by atoms with Gasteiger partial charge in [-0.15, -0.1) is 0 Å². The van der Waals surface area contributed by atoms with E-state index in [1.54, 1.807) is 0 Å². The fourth-order valence-electron chi connectivity index (χ4n) is 1.77. The van der Waals surface area contributed by atoms with Gasteiger partial charge in [0.05, 0.1) is 0 Å². The number of anilines is 2. The van der Waals surface area contributed by atoms with E-state index in [1.807, 2.05) is 48.2 Å². The Morgan fingerprint density at radius 1 is 0.944 bits per heavy atom. The molecule has 0 saturated heterocycles. The predicted molar refractivity (Wildman–Crippen MR) is 81.3 cm³/mol. The second kappa shape index (κ2) is 6.17. The van der Waals surface area contributed by atoms with Crippen LogP contribution in [0.3, 0.4) is 0 Å². The molecule has 3 heteroatoms. The van der Waals surface area contributed by atoms with E-state index in [1.165, 1.54) is 0 Å². The molecule has 0 amide bonds. The standard InChI is InChI=1S/C15H16N2S/c1-2-16-15(18)17(13-9-5-3-6-10-13)14-11-7-4-8-12-14/h3-12H,2H2,1H3,(H,16,18). The van der Waals surface area contributed by atoms with Crippen molar-refractivity contribution in [1.29, 1.82) is 0 Å². The summed E-state index contributed by atoms with van der Waals surface area (Å²) in [6, 6.07) is 20.3.